The Bertz CT molecular complexity index is 365. The number of hydrogen-bond donors (Lipinski definition) is 1. The molecule has 0 fully saturated rings. The van der Waals surface area contributed by atoms with Crippen molar-refractivity contribution in [1.29, 1.82) is 0 Å². The number of ether oxygens (including phenoxy) is 1. The number of aliphatic carboxylic acids is 1. The lowest BCUT2D eigenvalue weighted by atomic mass is 10.1. The monoisotopic (exact) mass is 276 g/mol. The largest absolute Gasteiger partial charge is 0.488 e. The molecule has 1 unspecified atom stereocenters. The molecule has 0 aliphatic carbocycles. The van der Waals surface area contributed by atoms with Gasteiger partial charge in [-0.05, 0) is 35.0 Å². The van der Waals surface area contributed by atoms with Crippen molar-refractivity contribution in [3.05, 3.63) is 28.7 Å². The van der Waals surface area contributed by atoms with Gasteiger partial charge < -0.3 is 9.84 Å². The molecule has 5 heteroatoms. The number of alkyl halides is 1. The van der Waals surface area contributed by atoms with E-state index < -0.39 is 18.2 Å². The van der Waals surface area contributed by atoms with E-state index in [-0.39, 0.29) is 0 Å². The molecule has 0 heterocycles. The summed E-state index contributed by atoms with van der Waals surface area (Å²) < 4.78 is 19.0. The van der Waals surface area contributed by atoms with Crippen LogP contribution in [0.2, 0.25) is 0 Å². The lowest BCUT2D eigenvalue weighted by molar-refractivity contribution is -0.151. The Morgan fingerprint density at radius 1 is 1.60 bits per heavy atom. The summed E-state index contributed by atoms with van der Waals surface area (Å²) in [6.45, 7) is 0.442. The summed E-state index contributed by atoms with van der Waals surface area (Å²) in [4.78, 5) is 10.5. The van der Waals surface area contributed by atoms with Crippen LogP contribution in [0.3, 0.4) is 0 Å². The molecule has 0 saturated heterocycles. The van der Waals surface area contributed by atoms with Crippen molar-refractivity contribution in [2.45, 2.75) is 12.6 Å². The molecule has 0 aliphatic heterocycles. The van der Waals surface area contributed by atoms with Crippen LogP contribution >= 0.6 is 15.9 Å². The molecule has 0 bridgehead atoms. The van der Waals surface area contributed by atoms with Crippen molar-refractivity contribution >= 4 is 21.9 Å². The average molecular weight is 277 g/mol. The van der Waals surface area contributed by atoms with E-state index in [1.165, 1.54) is 0 Å². The van der Waals surface area contributed by atoms with Crippen molar-refractivity contribution in [2.24, 2.45) is 0 Å². The SMILES string of the molecule is CC(F)(COc1ccccc1Br)C(=O)O. The molecule has 0 aromatic heterocycles. The highest BCUT2D eigenvalue weighted by Crippen LogP contribution is 2.25. The number of para-hydroxylation sites is 1. The van der Waals surface area contributed by atoms with Gasteiger partial charge in [-0.1, -0.05) is 12.1 Å². The van der Waals surface area contributed by atoms with Crippen molar-refractivity contribution in [2.75, 3.05) is 6.61 Å². The van der Waals surface area contributed by atoms with Gasteiger partial charge in [-0.15, -0.1) is 0 Å². The normalized spacial score (nSPS) is 14.3. The van der Waals surface area contributed by atoms with E-state index in [0.29, 0.717) is 10.2 Å². The smallest absolute Gasteiger partial charge is 0.344 e. The Balaban J connectivity index is 2.66. The van der Waals surface area contributed by atoms with Gasteiger partial charge in [0.2, 0.25) is 5.67 Å². The first kappa shape index (κ1) is 12.0. The van der Waals surface area contributed by atoms with Crippen LogP contribution < -0.4 is 4.74 Å². The molecule has 15 heavy (non-hydrogen) atoms. The van der Waals surface area contributed by atoms with Gasteiger partial charge in [0, 0.05) is 0 Å². The Labute approximate surface area is 95.0 Å². The summed E-state index contributed by atoms with van der Waals surface area (Å²) in [6, 6.07) is 6.85. The molecule has 0 saturated carbocycles. The first-order chi connectivity index (χ1) is 6.93. The van der Waals surface area contributed by atoms with Crippen molar-refractivity contribution in [3.63, 3.8) is 0 Å². The van der Waals surface area contributed by atoms with Crippen LogP contribution in [-0.2, 0) is 4.79 Å². The average Bonchev–Trinajstić information content (AvgIpc) is 2.16. The van der Waals surface area contributed by atoms with Crippen molar-refractivity contribution < 1.29 is 19.0 Å². The Hall–Kier alpha value is -1.10. The number of rotatable bonds is 4. The van der Waals surface area contributed by atoms with Gasteiger partial charge in [0.1, 0.15) is 12.4 Å². The summed E-state index contributed by atoms with van der Waals surface area (Å²) in [5, 5.41) is 8.52. The van der Waals surface area contributed by atoms with Crippen LogP contribution in [0.1, 0.15) is 6.92 Å². The van der Waals surface area contributed by atoms with Gasteiger partial charge in [-0.3, -0.25) is 0 Å². The van der Waals surface area contributed by atoms with Gasteiger partial charge in [-0.2, -0.15) is 0 Å². The molecule has 1 atom stereocenters. The molecule has 0 amide bonds. The van der Waals surface area contributed by atoms with Crippen molar-refractivity contribution in [3.8, 4) is 5.75 Å². The summed E-state index contributed by atoms with van der Waals surface area (Å²) >= 11 is 3.21. The molecule has 1 aromatic carbocycles. The Morgan fingerprint density at radius 2 is 2.20 bits per heavy atom. The Morgan fingerprint density at radius 3 is 2.73 bits per heavy atom. The van der Waals surface area contributed by atoms with E-state index in [9.17, 15) is 9.18 Å². The van der Waals surface area contributed by atoms with E-state index in [0.717, 1.165) is 6.92 Å². The predicted molar refractivity (Wildman–Crippen MR) is 56.8 cm³/mol. The van der Waals surface area contributed by atoms with E-state index in [1.807, 2.05) is 0 Å². The van der Waals surface area contributed by atoms with Crippen LogP contribution in [-0.4, -0.2) is 23.4 Å². The minimum absolute atomic E-state index is 0.419. The van der Waals surface area contributed by atoms with Gasteiger partial charge >= 0.3 is 5.97 Å². The fourth-order valence-electron chi connectivity index (χ4n) is 0.837. The molecular weight excluding hydrogens is 267 g/mol. The molecule has 0 aliphatic rings. The van der Waals surface area contributed by atoms with Gasteiger partial charge in [0.05, 0.1) is 4.47 Å². The fourth-order valence-corrected chi connectivity index (χ4v) is 1.24. The van der Waals surface area contributed by atoms with Crippen LogP contribution in [0.4, 0.5) is 4.39 Å². The maximum atomic E-state index is 13.3. The number of carbonyl (C=O) groups is 1. The first-order valence-corrected chi connectivity index (χ1v) is 5.02. The van der Waals surface area contributed by atoms with E-state index in [4.69, 9.17) is 9.84 Å². The maximum Gasteiger partial charge on any atom is 0.344 e. The minimum Gasteiger partial charge on any atom is -0.488 e. The number of hydrogen-bond acceptors (Lipinski definition) is 2. The lowest BCUT2D eigenvalue weighted by Gasteiger charge is -2.16. The first-order valence-electron chi connectivity index (χ1n) is 4.23. The molecular formula is C10H10BrFO3. The number of halogens is 2. The summed E-state index contributed by atoms with van der Waals surface area (Å²) in [5.74, 6) is -1.11. The standard InChI is InChI=1S/C10H10BrFO3/c1-10(12,9(13)14)6-15-8-5-3-2-4-7(8)11/h2-5H,6H2,1H3,(H,13,14). The van der Waals surface area contributed by atoms with Crippen LogP contribution in [0.25, 0.3) is 0 Å². The second-order valence-corrected chi connectivity index (χ2v) is 4.08. The zero-order chi connectivity index (χ0) is 11.5. The van der Waals surface area contributed by atoms with E-state index >= 15 is 0 Å². The van der Waals surface area contributed by atoms with Crippen molar-refractivity contribution in [1.82, 2.24) is 0 Å². The molecule has 0 radical (unpaired) electrons. The molecule has 0 spiro atoms. The molecule has 1 N–H and O–H groups in total. The molecule has 82 valence electrons. The second kappa shape index (κ2) is 4.61. The highest BCUT2D eigenvalue weighted by atomic mass is 79.9. The van der Waals surface area contributed by atoms with Crippen LogP contribution in [0, 0.1) is 0 Å². The molecule has 1 aromatic rings. The van der Waals surface area contributed by atoms with Gasteiger partial charge in [-0.25, -0.2) is 9.18 Å². The number of carboxylic acids is 1. The highest BCUT2D eigenvalue weighted by Gasteiger charge is 2.34. The minimum atomic E-state index is -2.38. The summed E-state index contributed by atoms with van der Waals surface area (Å²) in [6.07, 6.45) is 0. The maximum absolute atomic E-state index is 13.3. The second-order valence-electron chi connectivity index (χ2n) is 3.22. The quantitative estimate of drug-likeness (QED) is 0.920. The summed E-state index contributed by atoms with van der Waals surface area (Å²) in [5.41, 5.74) is -2.38. The third-order valence-corrected chi connectivity index (χ3v) is 2.44. The molecule has 1 rings (SSSR count). The third-order valence-electron chi connectivity index (χ3n) is 1.78. The van der Waals surface area contributed by atoms with Gasteiger partial charge in [0.25, 0.3) is 0 Å². The van der Waals surface area contributed by atoms with E-state index in [1.54, 1.807) is 24.3 Å². The predicted octanol–water partition coefficient (Wildman–Crippen LogP) is 2.64. The third kappa shape index (κ3) is 3.20. The Kier molecular flexibility index (Phi) is 3.68. The molecule has 3 nitrogen and oxygen atoms in total. The zero-order valence-electron chi connectivity index (χ0n) is 8.04. The fraction of sp³-hybridized carbons (Fsp3) is 0.300. The van der Waals surface area contributed by atoms with E-state index in [2.05, 4.69) is 15.9 Å². The number of benzene rings is 1. The zero-order valence-corrected chi connectivity index (χ0v) is 9.62. The van der Waals surface area contributed by atoms with Gasteiger partial charge in [0.15, 0.2) is 0 Å². The van der Waals surface area contributed by atoms with Crippen LogP contribution in [0.5, 0.6) is 5.75 Å². The highest BCUT2D eigenvalue weighted by molar-refractivity contribution is 9.10. The number of carboxylic acid groups (broad SMARTS) is 1. The van der Waals surface area contributed by atoms with Crippen LogP contribution in [0.15, 0.2) is 28.7 Å². The topological polar surface area (TPSA) is 46.5 Å². The lowest BCUT2D eigenvalue weighted by Crippen LogP contribution is -2.36. The summed E-state index contributed by atoms with van der Waals surface area (Å²) in [7, 11) is 0.